The summed E-state index contributed by atoms with van der Waals surface area (Å²) < 4.78 is 11.1. The van der Waals surface area contributed by atoms with Crippen molar-refractivity contribution in [2.45, 2.75) is 51.4 Å². The SMILES string of the molecule is O=C(OCc1ccccc1)c1cc(NC(=O)C2Cc3ccccc3CCCCCN2)cc(C(=O)OCc2ccccc2)c1. The normalized spacial score (nSPS) is 15.0. The minimum atomic E-state index is -0.609. The van der Waals surface area contributed by atoms with Crippen molar-refractivity contribution in [3.63, 3.8) is 0 Å². The average Bonchev–Trinajstić information content (AvgIpc) is 3.05. The Morgan fingerprint density at radius 1 is 0.674 bits per heavy atom. The largest absolute Gasteiger partial charge is 0.457 e. The van der Waals surface area contributed by atoms with Crippen LogP contribution in [0.4, 0.5) is 5.69 Å². The van der Waals surface area contributed by atoms with Crippen LogP contribution in [0.5, 0.6) is 0 Å². The molecule has 1 amide bonds. The first-order valence-electron chi connectivity index (χ1n) is 14.7. The molecule has 0 saturated heterocycles. The van der Waals surface area contributed by atoms with Crippen molar-refractivity contribution in [3.05, 3.63) is 137 Å². The van der Waals surface area contributed by atoms with Crippen molar-refractivity contribution >= 4 is 23.5 Å². The summed E-state index contributed by atoms with van der Waals surface area (Å²) in [6.45, 7) is 0.883. The van der Waals surface area contributed by atoms with Crippen molar-refractivity contribution in [3.8, 4) is 0 Å². The minimum Gasteiger partial charge on any atom is -0.457 e. The molecule has 1 aliphatic heterocycles. The Labute approximate surface area is 252 Å². The van der Waals surface area contributed by atoms with E-state index in [1.165, 1.54) is 23.8 Å². The van der Waals surface area contributed by atoms with Gasteiger partial charge in [0.05, 0.1) is 17.2 Å². The van der Waals surface area contributed by atoms with E-state index in [-0.39, 0.29) is 30.2 Å². The minimum absolute atomic E-state index is 0.0788. The van der Waals surface area contributed by atoms with E-state index in [2.05, 4.69) is 22.8 Å². The molecule has 1 heterocycles. The van der Waals surface area contributed by atoms with E-state index in [1.54, 1.807) is 0 Å². The molecule has 2 N–H and O–H groups in total. The molecule has 5 rings (SSSR count). The number of ether oxygens (including phenoxy) is 2. The van der Waals surface area contributed by atoms with Crippen LogP contribution < -0.4 is 10.6 Å². The summed E-state index contributed by atoms with van der Waals surface area (Å²) >= 11 is 0. The molecule has 1 unspecified atom stereocenters. The maximum absolute atomic E-state index is 13.6. The monoisotopic (exact) mass is 576 g/mol. The molecular formula is C36H36N2O5. The lowest BCUT2D eigenvalue weighted by molar-refractivity contribution is -0.118. The highest BCUT2D eigenvalue weighted by atomic mass is 16.5. The highest BCUT2D eigenvalue weighted by molar-refractivity contribution is 6.00. The molecule has 0 fully saturated rings. The predicted octanol–water partition coefficient (Wildman–Crippen LogP) is 6.27. The number of anilines is 1. The fraction of sp³-hybridized carbons (Fsp3) is 0.250. The van der Waals surface area contributed by atoms with Gasteiger partial charge in [0.2, 0.25) is 5.91 Å². The van der Waals surface area contributed by atoms with Gasteiger partial charge in [-0.2, -0.15) is 0 Å². The van der Waals surface area contributed by atoms with E-state index < -0.39 is 18.0 Å². The Morgan fingerprint density at radius 3 is 1.84 bits per heavy atom. The first-order valence-corrected chi connectivity index (χ1v) is 14.7. The van der Waals surface area contributed by atoms with Crippen molar-refractivity contribution in [2.75, 3.05) is 11.9 Å². The number of nitrogens with one attached hydrogen (secondary N) is 2. The van der Waals surface area contributed by atoms with Gasteiger partial charge in [0.1, 0.15) is 13.2 Å². The van der Waals surface area contributed by atoms with Gasteiger partial charge in [-0.1, -0.05) is 91.3 Å². The number of carbonyl (C=O) groups excluding carboxylic acids is 3. The van der Waals surface area contributed by atoms with Crippen LogP contribution in [0, 0.1) is 0 Å². The molecular weight excluding hydrogens is 540 g/mol. The lowest BCUT2D eigenvalue weighted by Gasteiger charge is -2.22. The van der Waals surface area contributed by atoms with E-state index in [4.69, 9.17) is 9.47 Å². The quantitative estimate of drug-likeness (QED) is 0.240. The summed E-state index contributed by atoms with van der Waals surface area (Å²) in [6.07, 6.45) is 4.70. The molecule has 1 aliphatic rings. The number of benzene rings is 4. The summed E-state index contributed by atoms with van der Waals surface area (Å²) in [6, 6.07) is 30.9. The van der Waals surface area contributed by atoms with Gasteiger partial charge < -0.3 is 20.1 Å². The number of rotatable bonds is 8. The number of amides is 1. The number of carbonyl (C=O) groups is 3. The maximum atomic E-state index is 13.6. The van der Waals surface area contributed by atoms with Gasteiger partial charge in [0.15, 0.2) is 0 Å². The van der Waals surface area contributed by atoms with Gasteiger partial charge in [-0.05, 0) is 72.7 Å². The van der Waals surface area contributed by atoms with Gasteiger partial charge in [0.25, 0.3) is 0 Å². The van der Waals surface area contributed by atoms with E-state index in [0.29, 0.717) is 12.1 Å². The molecule has 1 atom stereocenters. The Hall–Kier alpha value is -4.75. The zero-order chi connectivity index (χ0) is 29.9. The van der Waals surface area contributed by atoms with Crippen LogP contribution in [0.3, 0.4) is 0 Å². The zero-order valence-corrected chi connectivity index (χ0v) is 24.1. The van der Waals surface area contributed by atoms with Crippen LogP contribution in [0.25, 0.3) is 0 Å². The lowest BCUT2D eigenvalue weighted by atomic mass is 9.95. The van der Waals surface area contributed by atoms with Crippen molar-refractivity contribution in [1.82, 2.24) is 5.32 Å². The molecule has 43 heavy (non-hydrogen) atoms. The predicted molar refractivity (Wildman–Crippen MR) is 166 cm³/mol. The Bertz CT molecular complexity index is 1460. The summed E-state index contributed by atoms with van der Waals surface area (Å²) in [4.78, 5) is 39.8. The summed E-state index contributed by atoms with van der Waals surface area (Å²) in [5.41, 5.74) is 4.68. The molecule has 0 saturated carbocycles. The Balaban J connectivity index is 1.36. The van der Waals surface area contributed by atoms with Crippen LogP contribution in [0.1, 0.15) is 62.2 Å². The third-order valence-electron chi connectivity index (χ3n) is 7.47. The van der Waals surface area contributed by atoms with Crippen LogP contribution >= 0.6 is 0 Å². The topological polar surface area (TPSA) is 93.7 Å². The highest BCUT2D eigenvalue weighted by Crippen LogP contribution is 2.21. The fourth-order valence-corrected chi connectivity index (χ4v) is 5.15. The third kappa shape index (κ3) is 8.63. The molecule has 0 aliphatic carbocycles. The van der Waals surface area contributed by atoms with Gasteiger partial charge in [-0.15, -0.1) is 0 Å². The second kappa shape index (κ2) is 14.9. The smallest absolute Gasteiger partial charge is 0.338 e. The number of aryl methyl sites for hydroxylation is 1. The molecule has 0 aromatic heterocycles. The Kier molecular flexibility index (Phi) is 10.3. The lowest BCUT2D eigenvalue weighted by Crippen LogP contribution is -2.43. The number of esters is 2. The number of fused-ring (bicyclic) bond motifs is 1. The van der Waals surface area contributed by atoms with Crippen LogP contribution in [0.15, 0.2) is 103 Å². The standard InChI is InChI=1S/C36H36N2O5/c39-34(33-23-29-18-10-9-17-28(29)16-8-3-11-19-37-33)38-32-21-30(35(40)42-24-26-12-4-1-5-13-26)20-31(22-32)36(41)43-25-27-14-6-2-7-15-27/h1-2,4-7,9-10,12-15,17-18,20-22,33,37H,3,8,11,16,19,23-25H2,(H,38,39). The molecule has 7 nitrogen and oxygen atoms in total. The summed E-state index contributed by atoms with van der Waals surface area (Å²) in [7, 11) is 0. The second-order valence-corrected chi connectivity index (χ2v) is 10.7. The third-order valence-corrected chi connectivity index (χ3v) is 7.47. The van der Waals surface area contributed by atoms with Gasteiger partial charge in [0, 0.05) is 5.69 Å². The first kappa shape index (κ1) is 29.7. The molecule has 7 heteroatoms. The number of hydrogen-bond donors (Lipinski definition) is 2. The number of hydrogen-bond acceptors (Lipinski definition) is 6. The van der Waals surface area contributed by atoms with Gasteiger partial charge in [-0.25, -0.2) is 9.59 Å². The highest BCUT2D eigenvalue weighted by Gasteiger charge is 2.22. The summed E-state index contributed by atoms with van der Waals surface area (Å²) in [5.74, 6) is -1.46. The van der Waals surface area contributed by atoms with Crippen LogP contribution in [0.2, 0.25) is 0 Å². The van der Waals surface area contributed by atoms with Crippen LogP contribution in [-0.2, 0) is 40.3 Å². The molecule has 4 aromatic carbocycles. The summed E-state index contributed by atoms with van der Waals surface area (Å²) in [5, 5.41) is 6.35. The zero-order valence-electron chi connectivity index (χ0n) is 24.1. The van der Waals surface area contributed by atoms with Crippen molar-refractivity contribution in [2.24, 2.45) is 0 Å². The molecule has 4 aromatic rings. The van der Waals surface area contributed by atoms with E-state index in [1.807, 2.05) is 72.8 Å². The average molecular weight is 577 g/mol. The molecule has 0 spiro atoms. The second-order valence-electron chi connectivity index (χ2n) is 10.7. The maximum Gasteiger partial charge on any atom is 0.338 e. The molecule has 0 bridgehead atoms. The van der Waals surface area contributed by atoms with Crippen molar-refractivity contribution in [1.29, 1.82) is 0 Å². The van der Waals surface area contributed by atoms with Gasteiger partial charge in [-0.3, -0.25) is 4.79 Å². The fourth-order valence-electron chi connectivity index (χ4n) is 5.15. The van der Waals surface area contributed by atoms with Crippen molar-refractivity contribution < 1.29 is 23.9 Å². The van der Waals surface area contributed by atoms with E-state index in [9.17, 15) is 14.4 Å². The van der Waals surface area contributed by atoms with Gasteiger partial charge >= 0.3 is 11.9 Å². The Morgan fingerprint density at radius 2 is 1.23 bits per heavy atom. The first-order chi connectivity index (χ1) is 21.0. The van der Waals surface area contributed by atoms with E-state index >= 15 is 0 Å². The van der Waals surface area contributed by atoms with E-state index in [0.717, 1.165) is 48.9 Å². The molecule has 0 radical (unpaired) electrons. The molecule has 220 valence electrons. The van der Waals surface area contributed by atoms with Crippen LogP contribution in [-0.4, -0.2) is 30.4 Å².